The zero-order valence-electron chi connectivity index (χ0n) is 18.1. The van der Waals surface area contributed by atoms with Gasteiger partial charge in [-0.25, -0.2) is 13.8 Å². The minimum atomic E-state index is -0.507. The van der Waals surface area contributed by atoms with E-state index in [-0.39, 0.29) is 23.7 Å². The van der Waals surface area contributed by atoms with Crippen LogP contribution in [0.25, 0.3) is 11.6 Å². The van der Waals surface area contributed by atoms with E-state index in [9.17, 15) is 8.78 Å². The van der Waals surface area contributed by atoms with Gasteiger partial charge in [-0.2, -0.15) is 0 Å². The predicted octanol–water partition coefficient (Wildman–Crippen LogP) is 4.84. The summed E-state index contributed by atoms with van der Waals surface area (Å²) in [5.74, 6) is 1.60. The molecule has 6 nitrogen and oxygen atoms in total. The minimum absolute atomic E-state index is 0. The Morgan fingerprint density at radius 1 is 1.28 bits per heavy atom. The average molecular weight is 482 g/mol. The van der Waals surface area contributed by atoms with Gasteiger partial charge in [0.1, 0.15) is 11.6 Å². The first-order valence-electron chi connectivity index (χ1n) is 10.6. The molecule has 2 aromatic heterocycles. The number of hydrogen-bond acceptors (Lipinski definition) is 6. The van der Waals surface area contributed by atoms with Crippen molar-refractivity contribution >= 4 is 24.2 Å². The van der Waals surface area contributed by atoms with Gasteiger partial charge in [0.2, 0.25) is 5.82 Å². The van der Waals surface area contributed by atoms with E-state index < -0.39 is 11.6 Å². The maximum absolute atomic E-state index is 14.2. The molecule has 0 radical (unpaired) electrons. The van der Waals surface area contributed by atoms with Gasteiger partial charge >= 0.3 is 0 Å². The van der Waals surface area contributed by atoms with Crippen LogP contribution in [0.15, 0.2) is 34.2 Å². The Labute approximate surface area is 196 Å². The van der Waals surface area contributed by atoms with Crippen molar-refractivity contribution in [3.05, 3.63) is 47.5 Å². The highest BCUT2D eigenvalue weighted by atomic mass is 35.5. The number of hydrogen-bond donors (Lipinski definition) is 0. The van der Waals surface area contributed by atoms with Gasteiger partial charge in [-0.3, -0.25) is 0 Å². The SMILES string of the molecule is Cc1ncoc1-c1nnc(SCCCN2CC[C@@]3(C[C@@H]3c3ccc(F)cc3F)C2)n1C.Cl. The third-order valence-corrected chi connectivity index (χ3v) is 7.73. The van der Waals surface area contributed by atoms with Crippen molar-refractivity contribution < 1.29 is 13.2 Å². The lowest BCUT2D eigenvalue weighted by Crippen LogP contribution is -2.23. The molecule has 3 heterocycles. The lowest BCUT2D eigenvalue weighted by Gasteiger charge is -2.16. The molecule has 5 rings (SSSR count). The summed E-state index contributed by atoms with van der Waals surface area (Å²) in [6.07, 6.45) is 4.55. The maximum atomic E-state index is 14.2. The number of nitrogens with zero attached hydrogens (tertiary/aromatic N) is 5. The molecule has 1 aliphatic heterocycles. The van der Waals surface area contributed by atoms with E-state index in [0.29, 0.717) is 17.1 Å². The number of likely N-dealkylation sites (tertiary alicyclic amines) is 1. The number of benzene rings is 1. The molecule has 1 saturated heterocycles. The maximum Gasteiger partial charge on any atom is 0.202 e. The molecule has 1 spiro atoms. The fourth-order valence-corrected chi connectivity index (χ4v) is 5.64. The normalized spacial score (nSPS) is 22.4. The largest absolute Gasteiger partial charge is 0.440 e. The van der Waals surface area contributed by atoms with Crippen LogP contribution < -0.4 is 0 Å². The van der Waals surface area contributed by atoms with E-state index in [1.54, 1.807) is 17.8 Å². The summed E-state index contributed by atoms with van der Waals surface area (Å²) in [6, 6.07) is 4.00. The molecule has 10 heteroatoms. The lowest BCUT2D eigenvalue weighted by atomic mass is 9.98. The molecular weight excluding hydrogens is 456 g/mol. The topological polar surface area (TPSA) is 60.0 Å². The summed E-state index contributed by atoms with van der Waals surface area (Å²) in [6.45, 7) is 4.94. The molecule has 172 valence electrons. The van der Waals surface area contributed by atoms with E-state index in [1.165, 1.54) is 12.5 Å². The molecule has 3 aromatic rings. The van der Waals surface area contributed by atoms with Gasteiger partial charge in [0.15, 0.2) is 17.3 Å². The molecule has 1 aliphatic carbocycles. The van der Waals surface area contributed by atoms with Gasteiger partial charge in [-0.15, -0.1) is 22.6 Å². The molecule has 1 saturated carbocycles. The Hall–Kier alpha value is -1.97. The number of aryl methyl sites for hydroxylation is 1. The quantitative estimate of drug-likeness (QED) is 0.355. The third kappa shape index (κ3) is 4.30. The standard InChI is InChI=1S/C22H25F2N5OS.ClH/c1-14-19(30-13-25-14)20-26-27-21(28(20)2)31-9-3-7-29-8-6-22(12-29)11-17(22)16-5-4-15(23)10-18(16)24;/h4-5,10,13,17H,3,6-9,11-12H2,1-2H3;1H/t17-,22-;/m1./s1. The molecule has 0 amide bonds. The fourth-order valence-electron chi connectivity index (χ4n) is 4.80. The van der Waals surface area contributed by atoms with Gasteiger partial charge < -0.3 is 13.9 Å². The second-order valence-corrected chi connectivity index (χ2v) is 9.71. The molecular formula is C22H26ClF2N5OS. The number of rotatable bonds is 7. The second kappa shape index (κ2) is 9.11. The highest BCUT2D eigenvalue weighted by Crippen LogP contribution is 2.64. The van der Waals surface area contributed by atoms with Crippen LogP contribution in [0.1, 0.15) is 36.4 Å². The molecule has 2 fully saturated rings. The van der Waals surface area contributed by atoms with Crippen LogP contribution in [0.2, 0.25) is 0 Å². The van der Waals surface area contributed by atoms with E-state index in [0.717, 1.165) is 61.6 Å². The first kappa shape index (κ1) is 23.2. The van der Waals surface area contributed by atoms with E-state index in [4.69, 9.17) is 4.42 Å². The van der Waals surface area contributed by atoms with Crippen LogP contribution in [-0.4, -0.2) is 50.0 Å². The van der Waals surface area contributed by atoms with Crippen molar-refractivity contribution in [1.82, 2.24) is 24.6 Å². The first-order valence-corrected chi connectivity index (χ1v) is 11.6. The smallest absolute Gasteiger partial charge is 0.202 e. The van der Waals surface area contributed by atoms with Crippen molar-refractivity contribution in [3.8, 4) is 11.6 Å². The molecule has 2 aliphatic rings. The molecule has 1 aromatic carbocycles. The van der Waals surface area contributed by atoms with E-state index in [1.807, 2.05) is 18.5 Å². The van der Waals surface area contributed by atoms with Gasteiger partial charge in [0.05, 0.1) is 5.69 Å². The molecule has 0 unspecified atom stereocenters. The van der Waals surface area contributed by atoms with Crippen LogP contribution in [-0.2, 0) is 7.05 Å². The monoisotopic (exact) mass is 481 g/mol. The second-order valence-electron chi connectivity index (χ2n) is 8.65. The van der Waals surface area contributed by atoms with E-state index in [2.05, 4.69) is 20.1 Å². The minimum Gasteiger partial charge on any atom is -0.440 e. The summed E-state index contributed by atoms with van der Waals surface area (Å²) >= 11 is 1.69. The van der Waals surface area contributed by atoms with Crippen LogP contribution in [0.5, 0.6) is 0 Å². The number of aromatic nitrogens is 4. The predicted molar refractivity (Wildman–Crippen MR) is 121 cm³/mol. The fraction of sp³-hybridized carbons (Fsp3) is 0.500. The van der Waals surface area contributed by atoms with Crippen molar-refractivity contribution in [2.24, 2.45) is 12.5 Å². The van der Waals surface area contributed by atoms with Crippen LogP contribution >= 0.6 is 24.2 Å². The zero-order chi connectivity index (χ0) is 21.6. The van der Waals surface area contributed by atoms with Gasteiger partial charge in [-0.05, 0) is 62.2 Å². The summed E-state index contributed by atoms with van der Waals surface area (Å²) < 4.78 is 34.7. The summed E-state index contributed by atoms with van der Waals surface area (Å²) in [4.78, 5) is 6.59. The van der Waals surface area contributed by atoms with E-state index >= 15 is 0 Å². The Morgan fingerprint density at radius 3 is 2.88 bits per heavy atom. The van der Waals surface area contributed by atoms with Crippen LogP contribution in [0.4, 0.5) is 8.78 Å². The van der Waals surface area contributed by atoms with Gasteiger partial charge in [0, 0.05) is 25.4 Å². The van der Waals surface area contributed by atoms with Gasteiger partial charge in [-0.1, -0.05) is 17.8 Å². The highest BCUT2D eigenvalue weighted by Gasteiger charge is 2.58. The molecule has 32 heavy (non-hydrogen) atoms. The molecule has 2 atom stereocenters. The average Bonchev–Trinajstić information content (AvgIpc) is 3.04. The number of halogens is 3. The molecule has 0 N–H and O–H groups in total. The van der Waals surface area contributed by atoms with Gasteiger partial charge in [0.25, 0.3) is 0 Å². The van der Waals surface area contributed by atoms with Crippen molar-refractivity contribution in [2.45, 2.75) is 37.3 Å². The Balaban J connectivity index is 0.00000245. The zero-order valence-corrected chi connectivity index (χ0v) is 19.7. The Morgan fingerprint density at radius 2 is 2.12 bits per heavy atom. The van der Waals surface area contributed by atoms with Crippen LogP contribution in [0.3, 0.4) is 0 Å². The third-order valence-electron chi connectivity index (χ3n) is 6.63. The van der Waals surface area contributed by atoms with Crippen molar-refractivity contribution in [3.63, 3.8) is 0 Å². The first-order chi connectivity index (χ1) is 15.0. The summed E-state index contributed by atoms with van der Waals surface area (Å²) in [5, 5.41) is 9.39. The summed E-state index contributed by atoms with van der Waals surface area (Å²) in [5.41, 5.74) is 1.66. The van der Waals surface area contributed by atoms with Crippen molar-refractivity contribution in [2.75, 3.05) is 25.4 Å². The number of oxazole rings is 1. The van der Waals surface area contributed by atoms with Crippen LogP contribution in [0, 0.1) is 24.0 Å². The Bertz CT molecular complexity index is 1110. The lowest BCUT2D eigenvalue weighted by molar-refractivity contribution is 0.319. The number of thioether (sulfide) groups is 1. The Kier molecular flexibility index (Phi) is 6.61. The summed E-state index contributed by atoms with van der Waals surface area (Å²) in [7, 11) is 1.94. The highest BCUT2D eigenvalue weighted by molar-refractivity contribution is 7.99. The van der Waals surface area contributed by atoms with Crippen molar-refractivity contribution in [1.29, 1.82) is 0 Å². The molecule has 0 bridgehead atoms.